The third-order valence-corrected chi connectivity index (χ3v) is 11.0. The topological polar surface area (TPSA) is 334 Å². The number of anilines is 3. The molecule has 2 aliphatic rings. The molecule has 2 saturated heterocycles. The van der Waals surface area contributed by atoms with Crippen LogP contribution in [0.1, 0.15) is 81.5 Å². The van der Waals surface area contributed by atoms with Gasteiger partial charge in [-0.1, -0.05) is 30.2 Å². The van der Waals surface area contributed by atoms with Gasteiger partial charge in [0.25, 0.3) is 0 Å². The molecule has 0 aromatic carbocycles. The SMILES string of the molecule is C#CCOCCOCCOCCNc1nc(N2CCN(C(=O)[C@H](CCC(=O)O)n3cc(C(N)CO)nn3)CC2)nc(N2CCN(C(=O)[C@H](CCC(=O)O)n3cc(C(N)CC(C)C)nn3)CC2)n1.Cl. The molecule has 5 rings (SSSR count). The van der Waals surface area contributed by atoms with Gasteiger partial charge in [-0.3, -0.25) is 19.2 Å². The first-order valence-corrected chi connectivity index (χ1v) is 22.4. The second kappa shape index (κ2) is 27.9. The molecule has 8 N–H and O–H groups in total. The smallest absolute Gasteiger partial charge is 0.303 e. The molecule has 0 aliphatic carbocycles. The standard InChI is InChI=1S/C41H64N16O10.ClH/c1-4-18-65-20-22-67-23-21-66-19-9-44-39-45-40(54-14-10-52(11-15-54)37(63)33(5-7-35(59)60)56-25-31(48-50-56)29(42)24-28(2)3)47-41(46-39)55-16-12-53(13-17-55)38(64)34(6-8-36(61)62)57-26-32(49-51-57)30(43)27-58;/h1,25-26,28-30,33-34,58H,5-24,27,42-43H2,2-3H3,(H,59,60)(H,61,62)(H,44,45,46,47);1H/t29?,30?,33-,34-;/m0./s1. The van der Waals surface area contributed by atoms with Gasteiger partial charge in [-0.05, 0) is 25.2 Å². The highest BCUT2D eigenvalue weighted by molar-refractivity contribution is 5.85. The summed E-state index contributed by atoms with van der Waals surface area (Å²) in [6, 6.07) is -3.05. The van der Waals surface area contributed by atoms with E-state index < -0.39 is 30.1 Å². The number of nitrogens with two attached hydrogens (primary N) is 2. The molecule has 68 heavy (non-hydrogen) atoms. The van der Waals surface area contributed by atoms with Gasteiger partial charge in [-0.15, -0.1) is 29.0 Å². The number of hydrogen-bond acceptors (Lipinski definition) is 20. The van der Waals surface area contributed by atoms with E-state index in [2.05, 4.69) is 31.9 Å². The van der Waals surface area contributed by atoms with E-state index in [0.717, 1.165) is 0 Å². The number of terminal acetylenes is 1. The summed E-state index contributed by atoms with van der Waals surface area (Å²) in [6.45, 7) is 8.56. The number of nitrogens with one attached hydrogen (secondary N) is 1. The van der Waals surface area contributed by atoms with Gasteiger partial charge < -0.3 is 65.9 Å². The molecule has 2 fully saturated rings. The molecule has 0 saturated carbocycles. The quantitative estimate of drug-likeness (QED) is 0.0380. The Morgan fingerprint density at radius 3 is 1.62 bits per heavy atom. The van der Waals surface area contributed by atoms with Crippen molar-refractivity contribution in [2.45, 2.75) is 70.1 Å². The Bertz CT molecular complexity index is 2090. The van der Waals surface area contributed by atoms with Crippen LogP contribution in [0.3, 0.4) is 0 Å². The molecular weight excluding hydrogens is 912 g/mol. The lowest BCUT2D eigenvalue weighted by Gasteiger charge is -2.38. The number of aromatic nitrogens is 9. The van der Waals surface area contributed by atoms with Gasteiger partial charge in [-0.25, -0.2) is 9.36 Å². The van der Waals surface area contributed by atoms with E-state index in [4.69, 9.17) is 47.1 Å². The van der Waals surface area contributed by atoms with Gasteiger partial charge in [0.15, 0.2) is 0 Å². The molecule has 0 radical (unpaired) electrons. The predicted molar refractivity (Wildman–Crippen MR) is 247 cm³/mol. The fourth-order valence-electron chi connectivity index (χ4n) is 7.40. The zero-order valence-electron chi connectivity index (χ0n) is 38.5. The van der Waals surface area contributed by atoms with Crippen molar-refractivity contribution in [2.24, 2.45) is 17.4 Å². The molecule has 26 nitrogen and oxygen atoms in total. The maximum atomic E-state index is 14.0. The van der Waals surface area contributed by atoms with Crippen LogP contribution in [0.25, 0.3) is 0 Å². The second-order valence-electron chi connectivity index (χ2n) is 16.5. The summed E-state index contributed by atoms with van der Waals surface area (Å²) in [7, 11) is 0. The van der Waals surface area contributed by atoms with Crippen LogP contribution in [0.5, 0.6) is 0 Å². The van der Waals surface area contributed by atoms with Gasteiger partial charge in [0.1, 0.15) is 24.4 Å². The number of carbonyl (C=O) groups is 4. The lowest BCUT2D eigenvalue weighted by atomic mass is 10.0. The van der Waals surface area contributed by atoms with Crippen LogP contribution in [0, 0.1) is 18.3 Å². The van der Waals surface area contributed by atoms with Gasteiger partial charge in [-0.2, -0.15) is 15.0 Å². The Labute approximate surface area is 400 Å². The molecule has 2 unspecified atom stereocenters. The van der Waals surface area contributed by atoms with Crippen molar-refractivity contribution < 1.29 is 48.7 Å². The van der Waals surface area contributed by atoms with Crippen molar-refractivity contribution in [3.8, 4) is 12.3 Å². The van der Waals surface area contributed by atoms with Crippen LogP contribution < -0.4 is 26.6 Å². The molecule has 0 bridgehead atoms. The number of nitrogens with zero attached hydrogens (tertiary/aromatic N) is 13. The fraction of sp³-hybridized carbons (Fsp3) is 0.683. The molecule has 2 aliphatic heterocycles. The molecule has 5 heterocycles. The van der Waals surface area contributed by atoms with Gasteiger partial charge in [0.05, 0.1) is 69.8 Å². The number of piperazine rings is 2. The van der Waals surface area contributed by atoms with E-state index in [1.165, 1.54) is 15.6 Å². The molecule has 3 aromatic heterocycles. The van der Waals surface area contributed by atoms with Crippen molar-refractivity contribution in [3.05, 3.63) is 23.8 Å². The van der Waals surface area contributed by atoms with Crippen molar-refractivity contribution in [3.63, 3.8) is 0 Å². The number of aliphatic hydroxyl groups is 1. The maximum absolute atomic E-state index is 14.0. The number of amides is 2. The van der Waals surface area contributed by atoms with Crippen molar-refractivity contribution in [2.75, 3.05) is 120 Å². The number of carboxylic acids is 2. The maximum Gasteiger partial charge on any atom is 0.303 e. The zero-order valence-corrected chi connectivity index (χ0v) is 39.4. The number of ether oxygens (including phenoxy) is 3. The third kappa shape index (κ3) is 16.5. The third-order valence-electron chi connectivity index (χ3n) is 11.0. The Morgan fingerprint density at radius 2 is 1.18 bits per heavy atom. The Morgan fingerprint density at radius 1 is 0.721 bits per heavy atom. The molecule has 0 spiro atoms. The lowest BCUT2D eigenvalue weighted by Crippen LogP contribution is -2.52. The van der Waals surface area contributed by atoms with Crippen molar-refractivity contribution in [1.82, 2.24) is 54.7 Å². The highest BCUT2D eigenvalue weighted by atomic mass is 35.5. The summed E-state index contributed by atoms with van der Waals surface area (Å²) in [5.41, 5.74) is 13.0. The average molecular weight is 978 g/mol. The minimum atomic E-state index is -1.07. The molecule has 4 atom stereocenters. The van der Waals surface area contributed by atoms with E-state index in [9.17, 15) is 34.5 Å². The van der Waals surface area contributed by atoms with Crippen molar-refractivity contribution >= 4 is 54.0 Å². The summed E-state index contributed by atoms with van der Waals surface area (Å²) in [6.07, 6.45) is 8.38. The van der Waals surface area contributed by atoms with Crippen LogP contribution in [0.15, 0.2) is 12.4 Å². The monoisotopic (exact) mass is 976 g/mol. The van der Waals surface area contributed by atoms with E-state index in [0.29, 0.717) is 95.7 Å². The van der Waals surface area contributed by atoms with E-state index in [1.807, 2.05) is 23.6 Å². The molecule has 376 valence electrons. The number of hydrogen-bond donors (Lipinski definition) is 6. The number of halogens is 1. The van der Waals surface area contributed by atoms with E-state index >= 15 is 0 Å². The lowest BCUT2D eigenvalue weighted by molar-refractivity contribution is -0.140. The first-order valence-electron chi connectivity index (χ1n) is 22.4. The predicted octanol–water partition coefficient (Wildman–Crippen LogP) is -0.881. The van der Waals surface area contributed by atoms with Gasteiger partial charge >= 0.3 is 11.9 Å². The summed E-state index contributed by atoms with van der Waals surface area (Å²) in [4.78, 5) is 72.6. The highest BCUT2D eigenvalue weighted by Crippen LogP contribution is 2.25. The van der Waals surface area contributed by atoms with Gasteiger partial charge in [0, 0.05) is 71.7 Å². The van der Waals surface area contributed by atoms with Crippen LogP contribution >= 0.6 is 12.4 Å². The number of aliphatic carboxylic acids is 2. The molecule has 3 aromatic rings. The van der Waals surface area contributed by atoms with Gasteiger partial charge in [0.2, 0.25) is 29.7 Å². The minimum Gasteiger partial charge on any atom is -0.481 e. The minimum absolute atomic E-state index is 0. The van der Waals surface area contributed by atoms with Crippen LogP contribution in [0.4, 0.5) is 17.8 Å². The summed E-state index contributed by atoms with van der Waals surface area (Å²) in [5, 5.41) is 48.1. The average Bonchev–Trinajstić information content (AvgIpc) is 4.02. The largest absolute Gasteiger partial charge is 0.481 e. The number of carboxylic acid groups (broad SMARTS) is 2. The molecule has 2 amide bonds. The summed E-state index contributed by atoms with van der Waals surface area (Å²) in [5.74, 6) is 0.976. The molecular formula is C41H65ClN16O10. The van der Waals surface area contributed by atoms with Crippen LogP contribution in [-0.2, 0) is 33.4 Å². The normalized spacial score (nSPS) is 15.9. The highest BCUT2D eigenvalue weighted by Gasteiger charge is 2.34. The Kier molecular flexibility index (Phi) is 22.4. The number of carbonyl (C=O) groups excluding carboxylic acids is 2. The Balaban J connectivity index is 0.0000101. The van der Waals surface area contributed by atoms with Crippen LogP contribution in [-0.4, -0.2) is 199 Å². The summed E-state index contributed by atoms with van der Waals surface area (Å²) >= 11 is 0. The first-order chi connectivity index (χ1) is 32.3. The summed E-state index contributed by atoms with van der Waals surface area (Å²) < 4.78 is 19.1. The first kappa shape index (κ1) is 54.8. The van der Waals surface area contributed by atoms with Crippen LogP contribution in [0.2, 0.25) is 0 Å². The zero-order chi connectivity index (χ0) is 48.3. The number of aliphatic hydroxyl groups excluding tert-OH is 1. The number of rotatable bonds is 28. The van der Waals surface area contributed by atoms with Crippen molar-refractivity contribution in [1.29, 1.82) is 0 Å². The van der Waals surface area contributed by atoms with E-state index in [1.54, 1.807) is 16.0 Å². The Hall–Kier alpha value is -5.82. The second-order valence-corrected chi connectivity index (χ2v) is 16.5. The molecule has 27 heteroatoms. The fourth-order valence-corrected chi connectivity index (χ4v) is 7.40. The van der Waals surface area contributed by atoms with E-state index in [-0.39, 0.29) is 107 Å².